The van der Waals surface area contributed by atoms with Crippen molar-refractivity contribution in [3.8, 4) is 11.5 Å². The molecule has 0 aliphatic carbocycles. The fourth-order valence-electron chi connectivity index (χ4n) is 3.63. The standard InChI is InChI=1S/C22H27N7O5/c1-28-21(31)14-4-5-16(34-9-3-6-29-7-10-33-11-8-29)19(32-2)18(14)26-22(28)27-20(30)15-12-25-17(23)13-24-15/h4-5,12-13H,3,6-11H2,1-2H3,(H2,23,25)(H,26,27,30). The first kappa shape index (κ1) is 23.4. The fraction of sp³-hybridized carbons (Fsp3) is 0.409. The average molecular weight is 470 g/mol. The third-order valence-corrected chi connectivity index (χ3v) is 5.48. The number of anilines is 2. The highest BCUT2D eigenvalue weighted by molar-refractivity contribution is 6.02. The summed E-state index contributed by atoms with van der Waals surface area (Å²) in [4.78, 5) is 40.1. The molecular weight excluding hydrogens is 442 g/mol. The van der Waals surface area contributed by atoms with Gasteiger partial charge in [-0.05, 0) is 18.6 Å². The van der Waals surface area contributed by atoms with E-state index < -0.39 is 5.91 Å². The average Bonchev–Trinajstić information content (AvgIpc) is 2.85. The van der Waals surface area contributed by atoms with Crippen LogP contribution in [0.4, 0.5) is 11.8 Å². The molecule has 0 unspecified atom stereocenters. The number of rotatable bonds is 8. The van der Waals surface area contributed by atoms with Crippen LogP contribution in [-0.4, -0.2) is 76.9 Å². The van der Waals surface area contributed by atoms with E-state index in [0.717, 1.165) is 39.3 Å². The van der Waals surface area contributed by atoms with Crippen LogP contribution in [0.1, 0.15) is 16.9 Å². The summed E-state index contributed by atoms with van der Waals surface area (Å²) in [6.45, 7) is 4.73. The van der Waals surface area contributed by atoms with E-state index >= 15 is 0 Å². The molecule has 0 spiro atoms. The zero-order chi connectivity index (χ0) is 24.1. The lowest BCUT2D eigenvalue weighted by atomic mass is 10.2. The first-order chi connectivity index (χ1) is 16.5. The number of aromatic nitrogens is 4. The summed E-state index contributed by atoms with van der Waals surface area (Å²) in [7, 11) is 3.00. The Morgan fingerprint density at radius 2 is 2.03 bits per heavy atom. The maximum absolute atomic E-state index is 12.9. The molecule has 1 aliphatic heterocycles. The summed E-state index contributed by atoms with van der Waals surface area (Å²) in [6, 6.07) is 3.34. The zero-order valence-electron chi connectivity index (χ0n) is 19.1. The Kier molecular flexibility index (Phi) is 7.18. The van der Waals surface area contributed by atoms with Crippen molar-refractivity contribution in [1.82, 2.24) is 24.4 Å². The number of methoxy groups -OCH3 is 1. The van der Waals surface area contributed by atoms with Gasteiger partial charge in [0.25, 0.3) is 11.5 Å². The molecule has 0 atom stereocenters. The van der Waals surface area contributed by atoms with Crippen molar-refractivity contribution in [2.45, 2.75) is 6.42 Å². The van der Waals surface area contributed by atoms with Gasteiger partial charge in [-0.1, -0.05) is 0 Å². The fourth-order valence-corrected chi connectivity index (χ4v) is 3.63. The number of benzene rings is 1. The number of nitrogens with zero attached hydrogens (tertiary/aromatic N) is 5. The van der Waals surface area contributed by atoms with Gasteiger partial charge in [-0.2, -0.15) is 0 Å². The molecule has 1 fully saturated rings. The van der Waals surface area contributed by atoms with Gasteiger partial charge in [-0.25, -0.2) is 15.0 Å². The molecule has 1 saturated heterocycles. The van der Waals surface area contributed by atoms with E-state index in [0.29, 0.717) is 23.5 Å². The van der Waals surface area contributed by atoms with Gasteiger partial charge in [0.15, 0.2) is 11.5 Å². The largest absolute Gasteiger partial charge is 0.491 e. The number of carbonyl (C=O) groups is 1. The molecule has 3 N–H and O–H groups in total. The monoisotopic (exact) mass is 469 g/mol. The van der Waals surface area contributed by atoms with Crippen LogP contribution < -0.4 is 26.1 Å². The number of carbonyl (C=O) groups excluding carboxylic acids is 1. The minimum absolute atomic E-state index is 0.0314. The molecule has 180 valence electrons. The van der Waals surface area contributed by atoms with Gasteiger partial charge in [0.05, 0.1) is 44.7 Å². The molecule has 0 saturated carbocycles. The van der Waals surface area contributed by atoms with Crippen molar-refractivity contribution in [3.63, 3.8) is 0 Å². The lowest BCUT2D eigenvalue weighted by Crippen LogP contribution is -2.37. The molecule has 2 aromatic heterocycles. The molecule has 0 bridgehead atoms. The van der Waals surface area contributed by atoms with Crippen LogP contribution in [-0.2, 0) is 11.8 Å². The number of fused-ring (bicyclic) bond motifs is 1. The lowest BCUT2D eigenvalue weighted by molar-refractivity contribution is 0.0357. The highest BCUT2D eigenvalue weighted by Crippen LogP contribution is 2.34. The molecule has 1 aromatic carbocycles. The summed E-state index contributed by atoms with van der Waals surface area (Å²) in [5.74, 6) is 0.437. The van der Waals surface area contributed by atoms with Crippen LogP contribution in [0.5, 0.6) is 11.5 Å². The van der Waals surface area contributed by atoms with Gasteiger partial charge in [0, 0.05) is 26.7 Å². The van der Waals surface area contributed by atoms with Crippen LogP contribution in [0, 0.1) is 0 Å². The van der Waals surface area contributed by atoms with E-state index in [1.54, 1.807) is 12.1 Å². The molecule has 12 nitrogen and oxygen atoms in total. The Morgan fingerprint density at radius 1 is 1.24 bits per heavy atom. The zero-order valence-corrected chi connectivity index (χ0v) is 19.1. The first-order valence-corrected chi connectivity index (χ1v) is 10.9. The van der Waals surface area contributed by atoms with Crippen LogP contribution in [0.15, 0.2) is 29.3 Å². The molecule has 3 aromatic rings. The Morgan fingerprint density at radius 3 is 2.74 bits per heavy atom. The maximum atomic E-state index is 12.9. The molecule has 34 heavy (non-hydrogen) atoms. The third kappa shape index (κ3) is 5.07. The summed E-state index contributed by atoms with van der Waals surface area (Å²) in [5, 5.41) is 2.93. The van der Waals surface area contributed by atoms with Crippen molar-refractivity contribution < 1.29 is 19.0 Å². The van der Waals surface area contributed by atoms with Crippen molar-refractivity contribution in [3.05, 3.63) is 40.6 Å². The van der Waals surface area contributed by atoms with Gasteiger partial charge in [-0.3, -0.25) is 24.4 Å². The van der Waals surface area contributed by atoms with E-state index in [1.165, 1.54) is 31.1 Å². The van der Waals surface area contributed by atoms with Crippen molar-refractivity contribution in [1.29, 1.82) is 0 Å². The second-order valence-electron chi connectivity index (χ2n) is 7.73. The number of nitrogen functional groups attached to an aromatic ring is 1. The van der Waals surface area contributed by atoms with Gasteiger partial charge in [0.2, 0.25) is 5.95 Å². The van der Waals surface area contributed by atoms with Crippen molar-refractivity contribution >= 4 is 28.6 Å². The van der Waals surface area contributed by atoms with Gasteiger partial charge >= 0.3 is 0 Å². The Bertz CT molecular complexity index is 1220. The van der Waals surface area contributed by atoms with Gasteiger partial charge < -0.3 is 19.9 Å². The number of nitrogens with one attached hydrogen (secondary N) is 1. The van der Waals surface area contributed by atoms with Crippen LogP contribution in [0.3, 0.4) is 0 Å². The molecule has 1 aliphatic rings. The van der Waals surface area contributed by atoms with Gasteiger partial charge in [-0.15, -0.1) is 0 Å². The highest BCUT2D eigenvalue weighted by Gasteiger charge is 2.19. The molecule has 1 amide bonds. The Balaban J connectivity index is 1.55. The van der Waals surface area contributed by atoms with Crippen LogP contribution in [0.25, 0.3) is 10.9 Å². The number of hydrogen-bond donors (Lipinski definition) is 2. The van der Waals surface area contributed by atoms with Crippen LogP contribution >= 0.6 is 0 Å². The molecular formula is C22H27N7O5. The number of hydrogen-bond acceptors (Lipinski definition) is 10. The lowest BCUT2D eigenvalue weighted by Gasteiger charge is -2.26. The van der Waals surface area contributed by atoms with Crippen molar-refractivity contribution in [2.75, 3.05) is 57.6 Å². The number of ether oxygens (including phenoxy) is 3. The second kappa shape index (κ2) is 10.4. The highest BCUT2D eigenvalue weighted by atomic mass is 16.5. The number of amides is 1. The molecule has 3 heterocycles. The maximum Gasteiger partial charge on any atom is 0.278 e. The van der Waals surface area contributed by atoms with E-state index in [9.17, 15) is 9.59 Å². The second-order valence-corrected chi connectivity index (χ2v) is 7.73. The molecule has 12 heteroatoms. The predicted molar refractivity (Wildman–Crippen MR) is 125 cm³/mol. The topological polar surface area (TPSA) is 147 Å². The predicted octanol–water partition coefficient (Wildman–Crippen LogP) is 0.668. The number of nitrogens with two attached hydrogens (primary N) is 1. The van der Waals surface area contributed by atoms with Crippen molar-refractivity contribution in [2.24, 2.45) is 7.05 Å². The smallest absolute Gasteiger partial charge is 0.278 e. The summed E-state index contributed by atoms with van der Waals surface area (Å²) < 4.78 is 18.1. The van der Waals surface area contributed by atoms with E-state index in [-0.39, 0.29) is 28.5 Å². The first-order valence-electron chi connectivity index (χ1n) is 10.9. The molecule has 4 rings (SSSR count). The van der Waals surface area contributed by atoms with Crippen LogP contribution in [0.2, 0.25) is 0 Å². The normalized spacial score (nSPS) is 14.2. The van der Waals surface area contributed by atoms with E-state index in [4.69, 9.17) is 19.9 Å². The number of morpholine rings is 1. The Labute approximate surface area is 195 Å². The Hall–Kier alpha value is -3.77. The van der Waals surface area contributed by atoms with E-state index in [1.807, 2.05) is 0 Å². The summed E-state index contributed by atoms with van der Waals surface area (Å²) in [6.07, 6.45) is 3.34. The van der Waals surface area contributed by atoms with Gasteiger partial charge in [0.1, 0.15) is 17.0 Å². The molecule has 0 radical (unpaired) electrons. The SMILES string of the molecule is COc1c(OCCCN2CCOCC2)ccc2c(=O)n(C)c(NC(=O)c3cnc(N)cn3)nc12. The summed E-state index contributed by atoms with van der Waals surface area (Å²) in [5.41, 5.74) is 5.49. The quantitative estimate of drug-likeness (QED) is 0.451. The summed E-state index contributed by atoms with van der Waals surface area (Å²) >= 11 is 0. The minimum atomic E-state index is -0.580. The third-order valence-electron chi connectivity index (χ3n) is 5.48. The van der Waals surface area contributed by atoms with E-state index in [2.05, 4.69) is 25.2 Å². The minimum Gasteiger partial charge on any atom is -0.491 e.